The molecule has 45 heavy (non-hydrogen) atoms. The molecule has 3 fully saturated rings. The molecule has 2 aromatic carbocycles. The first-order valence-electron chi connectivity index (χ1n) is 14.0. The fraction of sp³-hybridized carbons (Fsp3) is 0.433. The Bertz CT molecular complexity index is 1460. The summed E-state index contributed by atoms with van der Waals surface area (Å²) in [6.07, 6.45) is -10.4. The Morgan fingerprint density at radius 3 is 2.42 bits per heavy atom. The molecule has 0 unspecified atom stereocenters. The molecule has 1 amide bonds. The first-order valence-corrected chi connectivity index (χ1v) is 14.0. The van der Waals surface area contributed by atoms with Gasteiger partial charge in [0.25, 0.3) is 6.29 Å². The SMILES string of the molecule is CC(=Cc1ccc(O[C@@H]2OC(=C(C)NOCc3ccccc3F)[C@@H](O)[C@@H]2F)c(F)c1)C(=O)N[C@@H]1[C@H](O)[C@@H](O)[C@H]2OCO[C@H]2[C@@H]1O. The molecule has 2 heterocycles. The van der Waals surface area contributed by atoms with Crippen molar-refractivity contribution in [3.63, 3.8) is 0 Å². The average molecular weight is 639 g/mol. The summed E-state index contributed by atoms with van der Waals surface area (Å²) < 4.78 is 64.7. The van der Waals surface area contributed by atoms with Gasteiger partial charge in [-0.3, -0.25) is 15.1 Å². The molecule has 1 aliphatic carbocycles. The van der Waals surface area contributed by atoms with Crippen LogP contribution in [-0.2, 0) is 30.4 Å². The number of aliphatic hydroxyl groups excluding tert-OH is 4. The van der Waals surface area contributed by atoms with Gasteiger partial charge in [-0.05, 0) is 43.7 Å². The van der Waals surface area contributed by atoms with Gasteiger partial charge in [-0.2, -0.15) is 0 Å². The van der Waals surface area contributed by atoms with E-state index in [0.717, 1.165) is 6.07 Å². The number of carbonyl (C=O) groups excluding carboxylic acids is 1. The maximum absolute atomic E-state index is 14.9. The van der Waals surface area contributed by atoms with Crippen molar-refractivity contribution in [1.29, 1.82) is 0 Å². The van der Waals surface area contributed by atoms with Crippen LogP contribution in [0, 0.1) is 11.6 Å². The quantitative estimate of drug-likeness (QED) is 0.172. The summed E-state index contributed by atoms with van der Waals surface area (Å²) >= 11 is 0. The standard InChI is InChI=1S/C30H33F3N2O10/c1-13(29(40)34-21-23(37)25(39)28-27(24(21)38)41-12-42-28)9-15-7-8-19(18(32)10-15)44-30-20(33)22(36)26(45-30)14(2)35-43-11-16-5-3-4-6-17(16)31/h3-10,20-25,27-28,30,35-39H,11-12H2,1-2H3,(H,34,40)/t20-,21+,22-,23-,24+,25+,27-,28+,30+/m0/s1. The lowest BCUT2D eigenvalue weighted by Gasteiger charge is -2.41. The average Bonchev–Trinajstić information content (AvgIpc) is 3.62. The molecule has 2 saturated heterocycles. The molecule has 0 bridgehead atoms. The van der Waals surface area contributed by atoms with E-state index in [1.807, 2.05) is 0 Å². The van der Waals surface area contributed by atoms with Crippen LogP contribution in [0.2, 0.25) is 0 Å². The number of hydrogen-bond acceptors (Lipinski definition) is 11. The largest absolute Gasteiger partial charge is 0.451 e. The molecule has 5 rings (SSSR count). The Hall–Kier alpha value is -3.70. The van der Waals surface area contributed by atoms with Crippen LogP contribution in [-0.4, -0.2) is 88.3 Å². The highest BCUT2D eigenvalue weighted by molar-refractivity contribution is 5.97. The summed E-state index contributed by atoms with van der Waals surface area (Å²) in [5.74, 6) is -2.75. The number of carbonyl (C=O) groups is 1. The van der Waals surface area contributed by atoms with Crippen LogP contribution in [0.4, 0.5) is 13.2 Å². The van der Waals surface area contributed by atoms with Crippen molar-refractivity contribution in [3.8, 4) is 5.75 Å². The summed E-state index contributed by atoms with van der Waals surface area (Å²) in [6.45, 7) is 2.50. The number of amides is 1. The summed E-state index contributed by atoms with van der Waals surface area (Å²) in [7, 11) is 0. The molecule has 2 aliphatic heterocycles. The lowest BCUT2D eigenvalue weighted by Crippen LogP contribution is -2.67. The monoisotopic (exact) mass is 638 g/mol. The van der Waals surface area contributed by atoms with Crippen molar-refractivity contribution < 1.29 is 62.2 Å². The fourth-order valence-electron chi connectivity index (χ4n) is 5.20. The first-order chi connectivity index (χ1) is 21.5. The third-order valence-electron chi connectivity index (χ3n) is 7.70. The van der Waals surface area contributed by atoms with Crippen LogP contribution in [0.25, 0.3) is 6.08 Å². The van der Waals surface area contributed by atoms with Gasteiger partial charge < -0.3 is 44.7 Å². The van der Waals surface area contributed by atoms with Gasteiger partial charge in [-0.1, -0.05) is 24.3 Å². The first kappa shape index (κ1) is 32.7. The smallest absolute Gasteiger partial charge is 0.275 e. The van der Waals surface area contributed by atoms with Crippen molar-refractivity contribution >= 4 is 12.0 Å². The van der Waals surface area contributed by atoms with Gasteiger partial charge in [0.1, 0.15) is 49.7 Å². The number of allylic oxidation sites excluding steroid dienone is 1. The Morgan fingerprint density at radius 1 is 1.00 bits per heavy atom. The van der Waals surface area contributed by atoms with Crippen LogP contribution in [0.1, 0.15) is 25.0 Å². The Balaban J connectivity index is 1.19. The van der Waals surface area contributed by atoms with E-state index in [0.29, 0.717) is 0 Å². The minimum Gasteiger partial charge on any atom is -0.451 e. The van der Waals surface area contributed by atoms with Gasteiger partial charge >= 0.3 is 0 Å². The number of nitrogens with one attached hydrogen (secondary N) is 2. The van der Waals surface area contributed by atoms with Gasteiger partial charge in [0.2, 0.25) is 12.1 Å². The van der Waals surface area contributed by atoms with E-state index in [4.69, 9.17) is 23.8 Å². The van der Waals surface area contributed by atoms with Crippen molar-refractivity contribution in [2.45, 2.75) is 75.6 Å². The normalized spacial score (nSPS) is 32.5. The predicted octanol–water partition coefficient (Wildman–Crippen LogP) is 1.08. The molecule has 0 spiro atoms. The molecule has 0 aromatic heterocycles. The number of alkyl halides is 1. The number of halogens is 3. The lowest BCUT2D eigenvalue weighted by molar-refractivity contribution is -0.155. The molecule has 2 aromatic rings. The van der Waals surface area contributed by atoms with Crippen molar-refractivity contribution in [3.05, 3.63) is 82.3 Å². The second-order valence-electron chi connectivity index (χ2n) is 10.8. The van der Waals surface area contributed by atoms with Crippen molar-refractivity contribution in [1.82, 2.24) is 10.8 Å². The molecular formula is C30H33F3N2O10. The minimum atomic E-state index is -2.09. The second-order valence-corrected chi connectivity index (χ2v) is 10.8. The Labute approximate surface area is 255 Å². The van der Waals surface area contributed by atoms with Crippen LogP contribution in [0.3, 0.4) is 0 Å². The summed E-state index contributed by atoms with van der Waals surface area (Å²) in [6, 6.07) is 8.26. The van der Waals surface area contributed by atoms with E-state index in [9.17, 15) is 38.4 Å². The molecule has 0 radical (unpaired) electrons. The van der Waals surface area contributed by atoms with E-state index in [2.05, 4.69) is 10.8 Å². The van der Waals surface area contributed by atoms with Crippen molar-refractivity contribution in [2.24, 2.45) is 0 Å². The third kappa shape index (κ3) is 6.94. The number of aliphatic hydroxyl groups is 4. The number of ether oxygens (including phenoxy) is 4. The Kier molecular flexibility index (Phi) is 9.98. The zero-order valence-electron chi connectivity index (χ0n) is 24.1. The van der Waals surface area contributed by atoms with Gasteiger partial charge in [0.05, 0.1) is 11.7 Å². The molecule has 15 heteroatoms. The van der Waals surface area contributed by atoms with E-state index in [1.54, 1.807) is 6.07 Å². The van der Waals surface area contributed by atoms with E-state index < -0.39 is 78.4 Å². The molecule has 12 nitrogen and oxygen atoms in total. The number of hydrogen-bond donors (Lipinski definition) is 6. The maximum atomic E-state index is 14.9. The van der Waals surface area contributed by atoms with Gasteiger partial charge in [-0.15, -0.1) is 0 Å². The van der Waals surface area contributed by atoms with E-state index >= 15 is 0 Å². The van der Waals surface area contributed by atoms with E-state index in [-0.39, 0.29) is 41.6 Å². The highest BCUT2D eigenvalue weighted by atomic mass is 19.1. The number of benzene rings is 2. The summed E-state index contributed by atoms with van der Waals surface area (Å²) in [5, 5.41) is 44.0. The van der Waals surface area contributed by atoms with Crippen LogP contribution in [0.5, 0.6) is 5.75 Å². The highest BCUT2D eigenvalue weighted by Gasteiger charge is 2.53. The second kappa shape index (κ2) is 13.7. The molecule has 9 atom stereocenters. The van der Waals surface area contributed by atoms with Crippen LogP contribution >= 0.6 is 0 Å². The van der Waals surface area contributed by atoms with Crippen LogP contribution in [0.15, 0.2) is 59.5 Å². The molecule has 3 aliphatic rings. The minimum absolute atomic E-state index is 0.0729. The Morgan fingerprint density at radius 2 is 1.71 bits per heavy atom. The molecule has 6 N–H and O–H groups in total. The molecule has 1 saturated carbocycles. The van der Waals surface area contributed by atoms with Gasteiger partial charge in [-0.25, -0.2) is 13.2 Å². The highest BCUT2D eigenvalue weighted by Crippen LogP contribution is 2.33. The zero-order valence-corrected chi connectivity index (χ0v) is 24.1. The predicted molar refractivity (Wildman–Crippen MR) is 148 cm³/mol. The maximum Gasteiger partial charge on any atom is 0.275 e. The summed E-state index contributed by atoms with van der Waals surface area (Å²) in [5.41, 5.74) is 3.12. The van der Waals surface area contributed by atoms with Crippen LogP contribution < -0.4 is 15.5 Å². The number of fused-ring (bicyclic) bond motifs is 1. The molecule has 244 valence electrons. The summed E-state index contributed by atoms with van der Waals surface area (Å²) in [4.78, 5) is 18.0. The van der Waals surface area contributed by atoms with E-state index in [1.165, 1.54) is 50.3 Å². The molecular weight excluding hydrogens is 605 g/mol. The number of hydroxylamine groups is 1. The third-order valence-corrected chi connectivity index (χ3v) is 7.70. The lowest BCUT2D eigenvalue weighted by atomic mass is 9.83. The van der Waals surface area contributed by atoms with Gasteiger partial charge in [0.15, 0.2) is 23.4 Å². The topological polar surface area (TPSA) is 168 Å². The fourth-order valence-corrected chi connectivity index (χ4v) is 5.20. The zero-order chi connectivity index (χ0) is 32.4. The number of rotatable bonds is 9. The van der Waals surface area contributed by atoms with Crippen molar-refractivity contribution in [2.75, 3.05) is 6.79 Å². The van der Waals surface area contributed by atoms with Gasteiger partial charge in [0, 0.05) is 11.1 Å².